The first-order valence-corrected chi connectivity index (χ1v) is 6.89. The Hall–Kier alpha value is -1.25. The van der Waals surface area contributed by atoms with E-state index in [0.717, 1.165) is 23.6 Å². The van der Waals surface area contributed by atoms with Gasteiger partial charge >= 0.3 is 0 Å². The first kappa shape index (κ1) is 12.8. The molecule has 0 radical (unpaired) electrons. The lowest BCUT2D eigenvalue weighted by Gasteiger charge is -2.16. The predicted octanol–water partition coefficient (Wildman–Crippen LogP) is 5.23. The summed E-state index contributed by atoms with van der Waals surface area (Å²) in [5.41, 5.74) is 3.27. The minimum absolute atomic E-state index is 0.204. The average molecular weight is 296 g/mol. The van der Waals surface area contributed by atoms with E-state index in [-0.39, 0.29) is 11.9 Å². The number of nitrogens with one attached hydrogen (secondary N) is 1. The Balaban J connectivity index is 1.86. The van der Waals surface area contributed by atoms with Gasteiger partial charge in [-0.05, 0) is 54.3 Å². The van der Waals surface area contributed by atoms with Crippen molar-refractivity contribution in [1.82, 2.24) is 0 Å². The number of anilines is 1. The average Bonchev–Trinajstić information content (AvgIpc) is 2.75. The number of hydrogen-bond acceptors (Lipinski definition) is 1. The van der Waals surface area contributed by atoms with Crippen molar-refractivity contribution >= 4 is 28.9 Å². The van der Waals surface area contributed by atoms with Gasteiger partial charge in [-0.15, -0.1) is 0 Å². The molecule has 0 heterocycles. The minimum Gasteiger partial charge on any atom is -0.377 e. The molecule has 1 unspecified atom stereocenters. The van der Waals surface area contributed by atoms with E-state index in [2.05, 4.69) is 5.32 Å². The lowest BCUT2D eigenvalue weighted by atomic mass is 10.1. The number of rotatable bonds is 2. The van der Waals surface area contributed by atoms with Gasteiger partial charge in [0.25, 0.3) is 0 Å². The molecule has 1 atom stereocenters. The second kappa shape index (κ2) is 5.03. The SMILES string of the molecule is Fc1ccc(NC2CCc3cc(Cl)ccc32)c(Cl)c1. The van der Waals surface area contributed by atoms with Gasteiger partial charge in [0.2, 0.25) is 0 Å². The fourth-order valence-electron chi connectivity index (χ4n) is 2.53. The van der Waals surface area contributed by atoms with E-state index >= 15 is 0 Å². The van der Waals surface area contributed by atoms with Gasteiger partial charge in [0, 0.05) is 5.02 Å². The van der Waals surface area contributed by atoms with Crippen LogP contribution in [0.3, 0.4) is 0 Å². The van der Waals surface area contributed by atoms with E-state index in [1.54, 1.807) is 6.07 Å². The van der Waals surface area contributed by atoms with Crippen LogP contribution < -0.4 is 5.32 Å². The van der Waals surface area contributed by atoms with E-state index in [0.29, 0.717) is 5.02 Å². The molecule has 0 fully saturated rings. The normalized spacial score (nSPS) is 17.3. The van der Waals surface area contributed by atoms with Crippen molar-refractivity contribution in [2.45, 2.75) is 18.9 Å². The molecule has 0 bridgehead atoms. The Bertz CT molecular complexity index is 628. The number of hydrogen-bond donors (Lipinski definition) is 1. The molecular weight excluding hydrogens is 284 g/mol. The Morgan fingerprint density at radius 3 is 2.74 bits per heavy atom. The molecule has 0 aliphatic heterocycles. The highest BCUT2D eigenvalue weighted by molar-refractivity contribution is 6.33. The maximum Gasteiger partial charge on any atom is 0.124 e. The van der Waals surface area contributed by atoms with Crippen molar-refractivity contribution < 1.29 is 4.39 Å². The summed E-state index contributed by atoms with van der Waals surface area (Å²) in [5.74, 6) is -0.325. The molecule has 1 nitrogen and oxygen atoms in total. The molecule has 2 aromatic carbocycles. The Morgan fingerprint density at radius 2 is 1.95 bits per heavy atom. The first-order chi connectivity index (χ1) is 9.13. The maximum atomic E-state index is 13.0. The third-order valence-electron chi connectivity index (χ3n) is 3.44. The number of halogens is 3. The Kier molecular flexibility index (Phi) is 3.38. The molecule has 3 rings (SSSR count). The van der Waals surface area contributed by atoms with E-state index in [1.807, 2.05) is 18.2 Å². The summed E-state index contributed by atoms with van der Waals surface area (Å²) in [7, 11) is 0. The van der Waals surface area contributed by atoms with Crippen molar-refractivity contribution in [2.75, 3.05) is 5.32 Å². The van der Waals surface area contributed by atoms with Crippen molar-refractivity contribution in [3.63, 3.8) is 0 Å². The summed E-state index contributed by atoms with van der Waals surface area (Å²) < 4.78 is 13.0. The van der Waals surface area contributed by atoms with Crippen LogP contribution in [0, 0.1) is 5.82 Å². The monoisotopic (exact) mass is 295 g/mol. The van der Waals surface area contributed by atoms with Crippen molar-refractivity contribution in [3.8, 4) is 0 Å². The molecule has 0 saturated heterocycles. The molecule has 0 spiro atoms. The Morgan fingerprint density at radius 1 is 1.11 bits per heavy atom. The Labute approximate surface area is 121 Å². The summed E-state index contributed by atoms with van der Waals surface area (Å²) >= 11 is 12.0. The van der Waals surface area contributed by atoms with Crippen molar-refractivity contribution in [3.05, 3.63) is 63.4 Å². The zero-order valence-electron chi connectivity index (χ0n) is 10.1. The summed E-state index contributed by atoms with van der Waals surface area (Å²) in [5, 5.41) is 4.54. The molecule has 0 aromatic heterocycles. The van der Waals surface area contributed by atoms with Gasteiger partial charge in [-0.25, -0.2) is 4.39 Å². The van der Waals surface area contributed by atoms with Crippen LogP contribution in [0.15, 0.2) is 36.4 Å². The zero-order chi connectivity index (χ0) is 13.4. The fraction of sp³-hybridized carbons (Fsp3) is 0.200. The summed E-state index contributed by atoms with van der Waals surface area (Å²) in [6.45, 7) is 0. The second-order valence-electron chi connectivity index (χ2n) is 4.70. The molecule has 1 aliphatic carbocycles. The van der Waals surface area contributed by atoms with Crippen molar-refractivity contribution in [1.29, 1.82) is 0 Å². The standard InChI is InChI=1S/C15H12Cl2FN/c16-10-2-4-12-9(7-10)1-5-14(12)19-15-6-3-11(18)8-13(15)17/h2-4,6-8,14,19H,1,5H2. The van der Waals surface area contributed by atoms with Crippen LogP contribution in [-0.2, 0) is 6.42 Å². The van der Waals surface area contributed by atoms with E-state index in [9.17, 15) is 4.39 Å². The molecule has 19 heavy (non-hydrogen) atoms. The van der Waals surface area contributed by atoms with E-state index in [1.165, 1.54) is 23.3 Å². The van der Waals surface area contributed by atoms with Crippen LogP contribution in [0.25, 0.3) is 0 Å². The maximum absolute atomic E-state index is 13.0. The highest BCUT2D eigenvalue weighted by atomic mass is 35.5. The molecule has 1 N–H and O–H groups in total. The van der Waals surface area contributed by atoms with Gasteiger partial charge in [0.15, 0.2) is 0 Å². The van der Waals surface area contributed by atoms with E-state index in [4.69, 9.17) is 23.2 Å². The third-order valence-corrected chi connectivity index (χ3v) is 3.99. The molecular formula is C15H12Cl2FN. The van der Waals surface area contributed by atoms with Gasteiger partial charge in [-0.3, -0.25) is 0 Å². The molecule has 0 amide bonds. The van der Waals surface area contributed by atoms with Crippen LogP contribution in [0.1, 0.15) is 23.6 Å². The smallest absolute Gasteiger partial charge is 0.124 e. The predicted molar refractivity (Wildman–Crippen MR) is 77.5 cm³/mol. The van der Waals surface area contributed by atoms with Crippen LogP contribution in [0.5, 0.6) is 0 Å². The number of fused-ring (bicyclic) bond motifs is 1. The van der Waals surface area contributed by atoms with Gasteiger partial charge in [0.05, 0.1) is 16.8 Å². The number of aryl methyl sites for hydroxylation is 1. The quantitative estimate of drug-likeness (QED) is 0.800. The topological polar surface area (TPSA) is 12.0 Å². The van der Waals surface area contributed by atoms with Gasteiger partial charge in [0.1, 0.15) is 5.82 Å². The van der Waals surface area contributed by atoms with Crippen molar-refractivity contribution in [2.24, 2.45) is 0 Å². The largest absolute Gasteiger partial charge is 0.377 e. The number of benzene rings is 2. The van der Waals surface area contributed by atoms with Crippen LogP contribution in [-0.4, -0.2) is 0 Å². The highest BCUT2D eigenvalue weighted by Gasteiger charge is 2.22. The molecule has 98 valence electrons. The van der Waals surface area contributed by atoms with Gasteiger partial charge < -0.3 is 5.32 Å². The van der Waals surface area contributed by atoms with Crippen LogP contribution in [0.2, 0.25) is 10.0 Å². The summed E-state index contributed by atoms with van der Waals surface area (Å²) in [6.07, 6.45) is 1.98. The van der Waals surface area contributed by atoms with Gasteiger partial charge in [-0.1, -0.05) is 29.3 Å². The van der Waals surface area contributed by atoms with Crippen LogP contribution in [0.4, 0.5) is 10.1 Å². The zero-order valence-corrected chi connectivity index (χ0v) is 11.6. The highest BCUT2D eigenvalue weighted by Crippen LogP contribution is 2.36. The molecule has 2 aromatic rings. The lowest BCUT2D eigenvalue weighted by Crippen LogP contribution is -2.07. The fourth-order valence-corrected chi connectivity index (χ4v) is 2.95. The summed E-state index contributed by atoms with van der Waals surface area (Å²) in [6, 6.07) is 10.5. The molecule has 0 saturated carbocycles. The molecule has 4 heteroatoms. The minimum atomic E-state index is -0.325. The second-order valence-corrected chi connectivity index (χ2v) is 5.55. The van der Waals surface area contributed by atoms with E-state index < -0.39 is 0 Å². The van der Waals surface area contributed by atoms with Crippen LogP contribution >= 0.6 is 23.2 Å². The molecule has 1 aliphatic rings. The first-order valence-electron chi connectivity index (χ1n) is 6.13. The summed E-state index contributed by atoms with van der Waals surface area (Å²) in [4.78, 5) is 0. The lowest BCUT2D eigenvalue weighted by molar-refractivity contribution is 0.628. The third kappa shape index (κ3) is 2.56. The van der Waals surface area contributed by atoms with Gasteiger partial charge in [-0.2, -0.15) is 0 Å².